The molecule has 0 atom stereocenters. The lowest BCUT2D eigenvalue weighted by atomic mass is 10.2. The highest BCUT2D eigenvalue weighted by atomic mass is 16.5. The van der Waals surface area contributed by atoms with Gasteiger partial charge in [-0.2, -0.15) is 4.99 Å². The second-order valence-corrected chi connectivity index (χ2v) is 6.53. The van der Waals surface area contributed by atoms with Crippen LogP contribution in [0.25, 0.3) is 0 Å². The number of rotatable bonds is 8. The van der Waals surface area contributed by atoms with Crippen LogP contribution in [0.5, 0.6) is 11.5 Å². The zero-order chi connectivity index (χ0) is 20.5. The predicted octanol–water partition coefficient (Wildman–Crippen LogP) is 4.47. The van der Waals surface area contributed by atoms with Crippen LogP contribution in [0, 0.1) is 0 Å². The summed E-state index contributed by atoms with van der Waals surface area (Å²) < 4.78 is 13.3. The summed E-state index contributed by atoms with van der Waals surface area (Å²) in [7, 11) is 0. The van der Waals surface area contributed by atoms with Gasteiger partial charge in [-0.3, -0.25) is 4.79 Å². The SMILES string of the molecule is CCCOc1ccc(C(=O)N=c2ccccn2Cc2ccccc2)cc1OCC. The van der Waals surface area contributed by atoms with Crippen LogP contribution in [-0.4, -0.2) is 23.7 Å². The molecule has 0 radical (unpaired) electrons. The Morgan fingerprint density at radius 2 is 1.72 bits per heavy atom. The molecule has 3 rings (SSSR count). The highest BCUT2D eigenvalue weighted by molar-refractivity contribution is 5.95. The Morgan fingerprint density at radius 3 is 2.48 bits per heavy atom. The molecule has 0 aliphatic heterocycles. The average Bonchev–Trinajstić information content (AvgIpc) is 2.75. The van der Waals surface area contributed by atoms with Gasteiger partial charge < -0.3 is 14.0 Å². The largest absolute Gasteiger partial charge is 0.490 e. The molecule has 150 valence electrons. The van der Waals surface area contributed by atoms with Crippen molar-refractivity contribution in [1.29, 1.82) is 0 Å². The number of benzene rings is 2. The molecule has 0 saturated heterocycles. The molecule has 0 aliphatic rings. The fraction of sp³-hybridized carbons (Fsp3) is 0.250. The molecule has 0 N–H and O–H groups in total. The van der Waals surface area contributed by atoms with Crippen LogP contribution >= 0.6 is 0 Å². The monoisotopic (exact) mass is 390 g/mol. The van der Waals surface area contributed by atoms with Crippen LogP contribution in [-0.2, 0) is 6.54 Å². The van der Waals surface area contributed by atoms with Gasteiger partial charge in [0.05, 0.1) is 13.2 Å². The molecule has 1 aromatic heterocycles. The first-order valence-corrected chi connectivity index (χ1v) is 9.89. The molecule has 2 aromatic carbocycles. The summed E-state index contributed by atoms with van der Waals surface area (Å²) in [4.78, 5) is 17.2. The minimum atomic E-state index is -0.319. The summed E-state index contributed by atoms with van der Waals surface area (Å²) in [5, 5.41) is 0. The van der Waals surface area contributed by atoms with E-state index >= 15 is 0 Å². The van der Waals surface area contributed by atoms with E-state index in [1.807, 2.05) is 61.0 Å². The molecule has 3 aromatic rings. The van der Waals surface area contributed by atoms with Gasteiger partial charge in [0.25, 0.3) is 5.91 Å². The molecule has 0 spiro atoms. The third-order valence-electron chi connectivity index (χ3n) is 4.28. The Kier molecular flexibility index (Phi) is 7.22. The number of hydrogen-bond donors (Lipinski definition) is 0. The molecule has 0 fully saturated rings. The fourth-order valence-electron chi connectivity index (χ4n) is 2.89. The van der Waals surface area contributed by atoms with Crippen molar-refractivity contribution in [2.45, 2.75) is 26.8 Å². The molecule has 5 nitrogen and oxygen atoms in total. The number of carbonyl (C=O) groups is 1. The Bertz CT molecular complexity index is 1010. The van der Waals surface area contributed by atoms with Gasteiger partial charge in [-0.05, 0) is 49.2 Å². The van der Waals surface area contributed by atoms with Gasteiger partial charge in [-0.15, -0.1) is 0 Å². The summed E-state index contributed by atoms with van der Waals surface area (Å²) in [6, 6.07) is 20.9. The second kappa shape index (κ2) is 10.3. The lowest BCUT2D eigenvalue weighted by Crippen LogP contribution is -2.22. The van der Waals surface area contributed by atoms with Gasteiger partial charge in [0.15, 0.2) is 11.5 Å². The van der Waals surface area contributed by atoms with Crippen molar-refractivity contribution < 1.29 is 14.3 Å². The number of nitrogens with zero attached hydrogens (tertiary/aromatic N) is 2. The van der Waals surface area contributed by atoms with Gasteiger partial charge >= 0.3 is 0 Å². The normalized spacial score (nSPS) is 11.3. The Balaban J connectivity index is 1.89. The van der Waals surface area contributed by atoms with E-state index in [1.54, 1.807) is 18.2 Å². The third kappa shape index (κ3) is 5.57. The summed E-state index contributed by atoms with van der Waals surface area (Å²) in [6.45, 7) is 5.68. The number of ether oxygens (including phenoxy) is 2. The Labute approximate surface area is 171 Å². The maximum atomic E-state index is 12.8. The minimum absolute atomic E-state index is 0.319. The zero-order valence-corrected chi connectivity index (χ0v) is 16.9. The maximum absolute atomic E-state index is 12.8. The van der Waals surface area contributed by atoms with Crippen molar-refractivity contribution in [2.75, 3.05) is 13.2 Å². The first-order chi connectivity index (χ1) is 14.2. The van der Waals surface area contributed by atoms with E-state index in [0.29, 0.717) is 42.3 Å². The van der Waals surface area contributed by atoms with E-state index in [-0.39, 0.29) is 5.91 Å². The van der Waals surface area contributed by atoms with Crippen molar-refractivity contribution in [1.82, 2.24) is 4.57 Å². The standard InChI is InChI=1S/C24H26N2O3/c1-3-16-29-21-14-13-20(17-22(21)28-4-2)24(27)25-23-12-8-9-15-26(23)18-19-10-6-5-7-11-19/h5-15,17H,3-4,16,18H2,1-2H3. The number of amides is 1. The molecule has 0 aliphatic carbocycles. The Morgan fingerprint density at radius 1 is 0.931 bits per heavy atom. The van der Waals surface area contributed by atoms with E-state index in [0.717, 1.165) is 12.0 Å². The lowest BCUT2D eigenvalue weighted by Gasteiger charge is -2.12. The third-order valence-corrected chi connectivity index (χ3v) is 4.28. The van der Waals surface area contributed by atoms with Crippen LogP contribution < -0.4 is 15.0 Å². The molecule has 29 heavy (non-hydrogen) atoms. The lowest BCUT2D eigenvalue weighted by molar-refractivity contribution is 0.0996. The Hall–Kier alpha value is -3.34. The van der Waals surface area contributed by atoms with Crippen LogP contribution in [0.3, 0.4) is 0 Å². The van der Waals surface area contributed by atoms with Crippen LogP contribution in [0.1, 0.15) is 36.2 Å². The summed E-state index contributed by atoms with van der Waals surface area (Å²) in [5.41, 5.74) is 2.21. The van der Waals surface area contributed by atoms with Gasteiger partial charge in [-0.1, -0.05) is 43.3 Å². The molecular weight excluding hydrogens is 364 g/mol. The van der Waals surface area contributed by atoms with Crippen molar-refractivity contribution >= 4 is 5.91 Å². The van der Waals surface area contributed by atoms with Crippen molar-refractivity contribution in [2.24, 2.45) is 4.99 Å². The summed E-state index contributed by atoms with van der Waals surface area (Å²) in [5.74, 6) is 0.886. The van der Waals surface area contributed by atoms with Crippen LogP contribution in [0.2, 0.25) is 0 Å². The van der Waals surface area contributed by atoms with Gasteiger partial charge in [-0.25, -0.2) is 0 Å². The van der Waals surface area contributed by atoms with E-state index in [1.165, 1.54) is 0 Å². The molecule has 0 saturated carbocycles. The molecule has 1 amide bonds. The predicted molar refractivity (Wildman–Crippen MR) is 113 cm³/mol. The van der Waals surface area contributed by atoms with E-state index in [4.69, 9.17) is 9.47 Å². The maximum Gasteiger partial charge on any atom is 0.279 e. The van der Waals surface area contributed by atoms with Gasteiger partial charge in [0.2, 0.25) is 0 Å². The topological polar surface area (TPSA) is 52.8 Å². The van der Waals surface area contributed by atoms with E-state index in [2.05, 4.69) is 17.1 Å². The fourth-order valence-corrected chi connectivity index (χ4v) is 2.89. The summed E-state index contributed by atoms with van der Waals surface area (Å²) >= 11 is 0. The number of hydrogen-bond acceptors (Lipinski definition) is 3. The van der Waals surface area contributed by atoms with Crippen LogP contribution in [0.4, 0.5) is 0 Å². The van der Waals surface area contributed by atoms with Gasteiger partial charge in [0, 0.05) is 18.3 Å². The quantitative estimate of drug-likeness (QED) is 0.570. The van der Waals surface area contributed by atoms with Gasteiger partial charge in [0.1, 0.15) is 5.49 Å². The molecule has 5 heteroatoms. The first kappa shape index (κ1) is 20.4. The van der Waals surface area contributed by atoms with E-state index in [9.17, 15) is 4.79 Å². The van der Waals surface area contributed by atoms with Crippen molar-refractivity contribution in [3.8, 4) is 11.5 Å². The average molecular weight is 390 g/mol. The van der Waals surface area contributed by atoms with E-state index < -0.39 is 0 Å². The highest BCUT2D eigenvalue weighted by Crippen LogP contribution is 2.29. The van der Waals surface area contributed by atoms with Crippen molar-refractivity contribution in [3.63, 3.8) is 0 Å². The molecule has 0 bridgehead atoms. The molecule has 0 unspecified atom stereocenters. The molecule has 1 heterocycles. The highest BCUT2D eigenvalue weighted by Gasteiger charge is 2.11. The summed E-state index contributed by atoms with van der Waals surface area (Å²) in [6.07, 6.45) is 2.82. The molecular formula is C24H26N2O3. The smallest absolute Gasteiger partial charge is 0.279 e. The van der Waals surface area contributed by atoms with Crippen LogP contribution in [0.15, 0.2) is 77.9 Å². The number of aromatic nitrogens is 1. The second-order valence-electron chi connectivity index (χ2n) is 6.53. The van der Waals surface area contributed by atoms with Crippen molar-refractivity contribution in [3.05, 3.63) is 89.5 Å². The number of carbonyl (C=O) groups excluding carboxylic acids is 1. The first-order valence-electron chi connectivity index (χ1n) is 9.89. The minimum Gasteiger partial charge on any atom is -0.490 e. The zero-order valence-electron chi connectivity index (χ0n) is 16.9. The number of pyridine rings is 1.